The van der Waals surface area contributed by atoms with Gasteiger partial charge in [-0.15, -0.1) is 0 Å². The second kappa shape index (κ2) is 6.48. The molecule has 114 valence electrons. The van der Waals surface area contributed by atoms with Gasteiger partial charge in [0.05, 0.1) is 16.4 Å². The number of anilines is 1. The zero-order valence-corrected chi connectivity index (χ0v) is 14.9. The van der Waals surface area contributed by atoms with E-state index in [4.69, 9.17) is 12.2 Å². The first-order chi connectivity index (χ1) is 10.7. The third-order valence-corrected chi connectivity index (χ3v) is 5.94. The Kier molecular flexibility index (Phi) is 4.61. The molecule has 3 rings (SSSR count). The van der Waals surface area contributed by atoms with Gasteiger partial charge >= 0.3 is 0 Å². The minimum absolute atomic E-state index is 0.0345. The lowest BCUT2D eigenvalue weighted by molar-refractivity contribution is -0.108. The number of nitrogens with zero attached hydrogens (tertiary/aromatic N) is 2. The Hall–Kier alpha value is -1.24. The third-order valence-electron chi connectivity index (χ3n) is 3.55. The number of hydrogen-bond donors (Lipinski definition) is 0. The summed E-state index contributed by atoms with van der Waals surface area (Å²) in [7, 11) is 0. The van der Waals surface area contributed by atoms with Crippen molar-refractivity contribution in [1.29, 1.82) is 0 Å². The first-order valence-corrected chi connectivity index (χ1v) is 9.20. The van der Waals surface area contributed by atoms with Crippen LogP contribution in [0.3, 0.4) is 0 Å². The zero-order valence-electron chi connectivity index (χ0n) is 12.4. The molecule has 1 aromatic carbocycles. The lowest BCUT2D eigenvalue weighted by Gasteiger charge is -2.18. The van der Waals surface area contributed by atoms with Gasteiger partial charge in [0.15, 0.2) is 0 Å². The quantitative estimate of drug-likeness (QED) is 0.599. The number of para-hydroxylation sites is 1. The van der Waals surface area contributed by atoms with E-state index in [9.17, 15) is 4.79 Å². The van der Waals surface area contributed by atoms with Gasteiger partial charge in [-0.1, -0.05) is 36.1 Å². The molecule has 22 heavy (non-hydrogen) atoms. The van der Waals surface area contributed by atoms with Gasteiger partial charge in [0.1, 0.15) is 4.32 Å². The van der Waals surface area contributed by atoms with Crippen molar-refractivity contribution in [3.8, 4) is 0 Å². The van der Waals surface area contributed by atoms with Gasteiger partial charge in [0.25, 0.3) is 0 Å². The molecule has 2 aliphatic heterocycles. The van der Waals surface area contributed by atoms with Crippen LogP contribution in [0.5, 0.6) is 0 Å². The standard InChI is InChI=1S/C16H16N2OS3/c1-3-17-11-7-5-6-8-13(11)21-14(17)10-9-12-15(19)22-16(20)18(12)4-2/h5-10H,3-4H2,1-2H3/b12-9?,14-10-. The minimum Gasteiger partial charge on any atom is -0.335 e. The van der Waals surface area contributed by atoms with Crippen molar-refractivity contribution in [3.63, 3.8) is 0 Å². The Morgan fingerprint density at radius 3 is 2.55 bits per heavy atom. The average Bonchev–Trinajstić information content (AvgIpc) is 3.00. The zero-order chi connectivity index (χ0) is 15.7. The van der Waals surface area contributed by atoms with Crippen LogP contribution in [-0.4, -0.2) is 27.4 Å². The highest BCUT2D eigenvalue weighted by Gasteiger charge is 2.30. The molecular formula is C16H16N2OS3. The largest absolute Gasteiger partial charge is 0.335 e. The predicted molar refractivity (Wildman–Crippen MR) is 99.1 cm³/mol. The fourth-order valence-corrected chi connectivity index (χ4v) is 4.87. The van der Waals surface area contributed by atoms with E-state index in [-0.39, 0.29) is 5.12 Å². The topological polar surface area (TPSA) is 23.6 Å². The van der Waals surface area contributed by atoms with Gasteiger partial charge in [0.2, 0.25) is 5.12 Å². The van der Waals surface area contributed by atoms with Crippen molar-refractivity contribution in [1.82, 2.24) is 4.90 Å². The van der Waals surface area contributed by atoms with Crippen molar-refractivity contribution in [2.75, 3.05) is 18.0 Å². The summed E-state index contributed by atoms with van der Waals surface area (Å²) in [6.45, 7) is 5.76. The van der Waals surface area contributed by atoms with Gasteiger partial charge in [-0.3, -0.25) is 4.79 Å². The maximum Gasteiger partial charge on any atom is 0.242 e. The molecule has 2 heterocycles. The number of thioether (sulfide) groups is 2. The number of likely N-dealkylation sites (N-methyl/N-ethyl adjacent to an activating group) is 1. The molecule has 1 saturated heterocycles. The Balaban J connectivity index is 1.92. The maximum atomic E-state index is 12.0. The van der Waals surface area contributed by atoms with E-state index in [2.05, 4.69) is 36.1 Å². The van der Waals surface area contributed by atoms with E-state index in [1.165, 1.54) is 10.6 Å². The maximum absolute atomic E-state index is 12.0. The average molecular weight is 349 g/mol. The van der Waals surface area contributed by atoms with E-state index in [1.54, 1.807) is 11.8 Å². The SMILES string of the molecule is CCN1C(=S)SC(=O)C1=C/C=C1\Sc2ccccc2N1CC. The molecular weight excluding hydrogens is 332 g/mol. The van der Waals surface area contributed by atoms with Gasteiger partial charge in [-0.2, -0.15) is 0 Å². The smallest absolute Gasteiger partial charge is 0.242 e. The fourth-order valence-electron chi connectivity index (χ4n) is 2.51. The number of carbonyl (C=O) groups is 1. The molecule has 0 unspecified atom stereocenters. The van der Waals surface area contributed by atoms with Crippen molar-refractivity contribution in [2.45, 2.75) is 18.7 Å². The van der Waals surface area contributed by atoms with Gasteiger partial charge in [0, 0.05) is 18.0 Å². The summed E-state index contributed by atoms with van der Waals surface area (Å²) < 4.78 is 0.645. The molecule has 1 fully saturated rings. The van der Waals surface area contributed by atoms with Gasteiger partial charge < -0.3 is 9.80 Å². The van der Waals surface area contributed by atoms with E-state index in [1.807, 2.05) is 24.0 Å². The van der Waals surface area contributed by atoms with Crippen LogP contribution < -0.4 is 4.90 Å². The Morgan fingerprint density at radius 1 is 1.09 bits per heavy atom. The van der Waals surface area contributed by atoms with E-state index < -0.39 is 0 Å². The second-order valence-corrected chi connectivity index (χ2v) is 7.44. The highest BCUT2D eigenvalue weighted by atomic mass is 32.2. The van der Waals surface area contributed by atoms with Crippen LogP contribution in [0.1, 0.15) is 13.8 Å². The molecule has 6 heteroatoms. The lowest BCUT2D eigenvalue weighted by Crippen LogP contribution is -2.21. The molecule has 1 aromatic rings. The van der Waals surface area contributed by atoms with Crippen LogP contribution in [0.4, 0.5) is 5.69 Å². The summed E-state index contributed by atoms with van der Waals surface area (Å²) in [5, 5.41) is 1.18. The lowest BCUT2D eigenvalue weighted by atomic mass is 10.3. The Bertz CT molecular complexity index is 696. The van der Waals surface area contributed by atoms with Crippen molar-refractivity contribution in [2.24, 2.45) is 0 Å². The minimum atomic E-state index is 0.0345. The first-order valence-electron chi connectivity index (χ1n) is 7.15. The summed E-state index contributed by atoms with van der Waals surface area (Å²) in [5.41, 5.74) is 1.91. The van der Waals surface area contributed by atoms with Crippen molar-refractivity contribution < 1.29 is 4.79 Å². The number of benzene rings is 1. The van der Waals surface area contributed by atoms with Crippen LogP contribution in [0, 0.1) is 0 Å². The molecule has 0 radical (unpaired) electrons. The third kappa shape index (κ3) is 2.71. The number of hydrogen-bond acceptors (Lipinski definition) is 5. The Morgan fingerprint density at radius 2 is 1.82 bits per heavy atom. The molecule has 0 spiro atoms. The molecule has 0 aromatic heterocycles. The Labute approximate surface area is 144 Å². The van der Waals surface area contributed by atoms with Crippen LogP contribution in [-0.2, 0) is 4.79 Å². The summed E-state index contributed by atoms with van der Waals surface area (Å²) >= 11 is 8.11. The second-order valence-electron chi connectivity index (χ2n) is 4.77. The summed E-state index contributed by atoms with van der Waals surface area (Å²) in [5.74, 6) is 0. The van der Waals surface area contributed by atoms with Gasteiger partial charge in [-0.25, -0.2) is 0 Å². The molecule has 0 atom stereocenters. The highest BCUT2D eigenvalue weighted by molar-refractivity contribution is 8.33. The fraction of sp³-hybridized carbons (Fsp3) is 0.250. The number of fused-ring (bicyclic) bond motifs is 1. The molecule has 0 aliphatic carbocycles. The molecule has 2 aliphatic rings. The molecule has 3 nitrogen and oxygen atoms in total. The monoisotopic (exact) mass is 348 g/mol. The summed E-state index contributed by atoms with van der Waals surface area (Å²) in [6, 6.07) is 8.36. The first kappa shape index (κ1) is 15.6. The summed E-state index contributed by atoms with van der Waals surface area (Å²) in [4.78, 5) is 17.5. The highest BCUT2D eigenvalue weighted by Crippen LogP contribution is 2.45. The molecule has 0 bridgehead atoms. The van der Waals surface area contributed by atoms with Gasteiger partial charge in [-0.05, 0) is 49.9 Å². The van der Waals surface area contributed by atoms with E-state index in [0.717, 1.165) is 29.9 Å². The number of allylic oxidation sites excluding steroid dienone is 2. The molecule has 0 amide bonds. The van der Waals surface area contributed by atoms with Crippen LogP contribution in [0.15, 0.2) is 52.0 Å². The van der Waals surface area contributed by atoms with Crippen LogP contribution in [0.25, 0.3) is 0 Å². The van der Waals surface area contributed by atoms with E-state index in [0.29, 0.717) is 10.0 Å². The number of thiocarbonyl (C=S) groups is 1. The van der Waals surface area contributed by atoms with Crippen molar-refractivity contribution in [3.05, 3.63) is 47.1 Å². The van der Waals surface area contributed by atoms with Crippen LogP contribution >= 0.6 is 35.7 Å². The van der Waals surface area contributed by atoms with Crippen LogP contribution in [0.2, 0.25) is 0 Å². The normalized spacial score (nSPS) is 21.4. The van der Waals surface area contributed by atoms with Crippen molar-refractivity contribution >= 4 is 50.9 Å². The number of carbonyl (C=O) groups excluding carboxylic acids is 1. The number of rotatable bonds is 3. The molecule has 0 saturated carbocycles. The molecule has 0 N–H and O–H groups in total. The summed E-state index contributed by atoms with van der Waals surface area (Å²) in [6.07, 6.45) is 3.92. The predicted octanol–water partition coefficient (Wildman–Crippen LogP) is 4.22. The van der Waals surface area contributed by atoms with E-state index >= 15 is 0 Å².